The number of aryl methyl sites for hydroxylation is 1. The second kappa shape index (κ2) is 9.24. The first kappa shape index (κ1) is 22.6. The van der Waals surface area contributed by atoms with Crippen LogP contribution in [-0.2, 0) is 9.53 Å². The zero-order valence-electron chi connectivity index (χ0n) is 18.3. The second-order valence-corrected chi connectivity index (χ2v) is 9.61. The Balaban J connectivity index is 1.69. The van der Waals surface area contributed by atoms with E-state index in [1.807, 2.05) is 61.5 Å². The summed E-state index contributed by atoms with van der Waals surface area (Å²) in [5, 5.41) is 7.30. The fraction of sp³-hybridized carbons (Fsp3) is 0.192. The molecule has 0 aliphatic carbocycles. The molecular weight excluding hydrogens is 518 g/mol. The fourth-order valence-corrected chi connectivity index (χ4v) is 4.79. The molecule has 3 aromatic rings. The van der Waals surface area contributed by atoms with Gasteiger partial charge in [-0.25, -0.2) is 9.69 Å². The predicted octanol–water partition coefficient (Wildman–Crippen LogP) is 5.77. The predicted molar refractivity (Wildman–Crippen MR) is 135 cm³/mol. The highest BCUT2D eigenvalue weighted by Crippen LogP contribution is 2.39. The molecule has 2 atom stereocenters. The SMILES string of the molecule is Cc1cccc(C2=NN(c3ccc(Br)cc3)[C@H](C(=O)N3CCOC3=O)[C@@H]2c2ccc(Cl)cc2)c1. The van der Waals surface area contributed by atoms with E-state index in [0.29, 0.717) is 5.02 Å². The number of anilines is 1. The van der Waals surface area contributed by atoms with Crippen LogP contribution in [0.15, 0.2) is 82.4 Å². The Morgan fingerprint density at radius 3 is 2.47 bits per heavy atom. The first-order valence-corrected chi connectivity index (χ1v) is 12.0. The minimum absolute atomic E-state index is 0.187. The number of nitrogens with zero attached hydrogens (tertiary/aromatic N) is 3. The van der Waals surface area contributed by atoms with Crippen molar-refractivity contribution in [3.05, 3.63) is 99.0 Å². The van der Waals surface area contributed by atoms with Crippen LogP contribution in [-0.4, -0.2) is 41.8 Å². The molecule has 2 aliphatic rings. The van der Waals surface area contributed by atoms with Crippen LogP contribution in [0.1, 0.15) is 22.6 Å². The Bertz CT molecular complexity index is 1280. The average molecular weight is 539 g/mol. The number of benzene rings is 3. The number of rotatable bonds is 4. The molecular formula is C26H21BrClN3O3. The number of amides is 2. The number of hydrogen-bond donors (Lipinski definition) is 0. The smallest absolute Gasteiger partial charge is 0.416 e. The van der Waals surface area contributed by atoms with Crippen molar-refractivity contribution in [2.24, 2.45) is 5.10 Å². The lowest BCUT2D eigenvalue weighted by Crippen LogP contribution is -2.48. The van der Waals surface area contributed by atoms with Crippen LogP contribution < -0.4 is 5.01 Å². The third-order valence-electron chi connectivity index (χ3n) is 6.00. The van der Waals surface area contributed by atoms with Gasteiger partial charge in [0.2, 0.25) is 0 Å². The van der Waals surface area contributed by atoms with Gasteiger partial charge in [0.1, 0.15) is 12.6 Å². The second-order valence-electron chi connectivity index (χ2n) is 8.25. The van der Waals surface area contributed by atoms with E-state index in [1.54, 1.807) is 17.1 Å². The molecule has 2 amide bonds. The van der Waals surface area contributed by atoms with Gasteiger partial charge in [0.25, 0.3) is 5.91 Å². The number of ether oxygens (including phenoxy) is 1. The fourth-order valence-electron chi connectivity index (χ4n) is 4.40. The number of carbonyl (C=O) groups is 2. The van der Waals surface area contributed by atoms with Crippen molar-refractivity contribution in [1.82, 2.24) is 4.90 Å². The monoisotopic (exact) mass is 537 g/mol. The highest BCUT2D eigenvalue weighted by molar-refractivity contribution is 9.10. The van der Waals surface area contributed by atoms with Crippen LogP contribution >= 0.6 is 27.5 Å². The lowest BCUT2D eigenvalue weighted by molar-refractivity contribution is -0.129. The molecule has 0 N–H and O–H groups in total. The summed E-state index contributed by atoms with van der Waals surface area (Å²) in [4.78, 5) is 27.4. The van der Waals surface area contributed by atoms with Crippen LogP contribution in [0, 0.1) is 6.92 Å². The maximum Gasteiger partial charge on any atom is 0.416 e. The first-order chi connectivity index (χ1) is 16.4. The Morgan fingerprint density at radius 2 is 1.82 bits per heavy atom. The van der Waals surface area contributed by atoms with E-state index in [4.69, 9.17) is 21.4 Å². The molecule has 6 nitrogen and oxygen atoms in total. The third kappa shape index (κ3) is 4.21. The van der Waals surface area contributed by atoms with Gasteiger partial charge in [-0.05, 0) is 54.4 Å². The van der Waals surface area contributed by atoms with Gasteiger partial charge < -0.3 is 4.74 Å². The summed E-state index contributed by atoms with van der Waals surface area (Å²) >= 11 is 9.64. The minimum atomic E-state index is -0.775. The van der Waals surface area contributed by atoms with Crippen molar-refractivity contribution in [1.29, 1.82) is 0 Å². The van der Waals surface area contributed by atoms with E-state index in [-0.39, 0.29) is 19.1 Å². The molecule has 0 bridgehead atoms. The first-order valence-electron chi connectivity index (χ1n) is 10.9. The third-order valence-corrected chi connectivity index (χ3v) is 6.78. The van der Waals surface area contributed by atoms with Gasteiger partial charge in [-0.2, -0.15) is 5.10 Å². The van der Waals surface area contributed by atoms with Crippen LogP contribution in [0.25, 0.3) is 0 Å². The molecule has 0 unspecified atom stereocenters. The van der Waals surface area contributed by atoms with Gasteiger partial charge in [-0.3, -0.25) is 9.80 Å². The van der Waals surface area contributed by atoms with E-state index in [1.165, 1.54) is 4.90 Å². The lowest BCUT2D eigenvalue weighted by atomic mass is 9.84. The molecule has 0 radical (unpaired) electrons. The van der Waals surface area contributed by atoms with Crippen molar-refractivity contribution in [2.75, 3.05) is 18.2 Å². The van der Waals surface area contributed by atoms with Crippen LogP contribution in [0.3, 0.4) is 0 Å². The molecule has 34 heavy (non-hydrogen) atoms. The highest BCUT2D eigenvalue weighted by Gasteiger charge is 2.48. The Labute approximate surface area is 210 Å². The van der Waals surface area contributed by atoms with Crippen molar-refractivity contribution in [3.63, 3.8) is 0 Å². The summed E-state index contributed by atoms with van der Waals surface area (Å²) in [5.41, 5.74) is 4.38. The molecule has 3 aromatic carbocycles. The normalized spacial score (nSPS) is 19.9. The van der Waals surface area contributed by atoms with E-state index in [2.05, 4.69) is 22.0 Å². The summed E-state index contributed by atoms with van der Waals surface area (Å²) < 4.78 is 5.99. The molecule has 1 fully saturated rings. The molecule has 2 aliphatic heterocycles. The molecule has 1 saturated heterocycles. The van der Waals surface area contributed by atoms with Gasteiger partial charge in [-0.1, -0.05) is 69.5 Å². The highest BCUT2D eigenvalue weighted by atomic mass is 79.9. The summed E-state index contributed by atoms with van der Waals surface area (Å²) in [6, 6.07) is 22.3. The Hall–Kier alpha value is -3.16. The number of hydrazone groups is 1. The van der Waals surface area contributed by atoms with E-state index in [9.17, 15) is 9.59 Å². The van der Waals surface area contributed by atoms with Crippen molar-refractivity contribution >= 4 is 50.9 Å². The van der Waals surface area contributed by atoms with E-state index in [0.717, 1.165) is 32.6 Å². The van der Waals surface area contributed by atoms with Gasteiger partial charge in [-0.15, -0.1) is 0 Å². The summed E-state index contributed by atoms with van der Waals surface area (Å²) in [7, 11) is 0. The van der Waals surface area contributed by atoms with Crippen LogP contribution in [0.2, 0.25) is 5.02 Å². The standard InChI is InChI=1S/C26H21BrClN3O3/c1-16-3-2-4-18(15-16)23-22(17-5-9-20(28)10-6-17)24(25(32)30-13-14-34-26(30)33)31(29-23)21-11-7-19(27)8-12-21/h2-12,15,22,24H,13-14H2,1H3/t22-,24+/m1/s1. The molecule has 8 heteroatoms. The maximum atomic E-state index is 13.9. The molecule has 0 aromatic heterocycles. The molecule has 5 rings (SSSR count). The Kier molecular flexibility index (Phi) is 6.15. The van der Waals surface area contributed by atoms with Crippen molar-refractivity contribution < 1.29 is 14.3 Å². The quantitative estimate of drug-likeness (QED) is 0.423. The average Bonchev–Trinajstić information content (AvgIpc) is 3.44. The summed E-state index contributed by atoms with van der Waals surface area (Å²) in [6.07, 6.45) is -0.625. The number of carbonyl (C=O) groups excluding carboxylic acids is 2. The summed E-state index contributed by atoms with van der Waals surface area (Å²) in [6.45, 7) is 2.42. The zero-order valence-corrected chi connectivity index (χ0v) is 20.7. The zero-order chi connectivity index (χ0) is 23.8. The number of imide groups is 1. The van der Waals surface area contributed by atoms with Gasteiger partial charge in [0.05, 0.1) is 23.9 Å². The number of halogens is 2. The Morgan fingerprint density at radius 1 is 1.09 bits per heavy atom. The van der Waals surface area contributed by atoms with Crippen LogP contribution in [0.5, 0.6) is 0 Å². The van der Waals surface area contributed by atoms with Gasteiger partial charge in [0, 0.05) is 9.50 Å². The topological polar surface area (TPSA) is 62.2 Å². The molecule has 2 heterocycles. The molecule has 0 saturated carbocycles. The van der Waals surface area contributed by atoms with Crippen molar-refractivity contribution in [2.45, 2.75) is 18.9 Å². The van der Waals surface area contributed by atoms with E-state index < -0.39 is 18.1 Å². The summed E-state index contributed by atoms with van der Waals surface area (Å²) in [5.74, 6) is -0.777. The molecule has 172 valence electrons. The number of hydrogen-bond acceptors (Lipinski definition) is 5. The van der Waals surface area contributed by atoms with Crippen LogP contribution in [0.4, 0.5) is 10.5 Å². The number of cyclic esters (lactones) is 1. The molecule has 0 spiro atoms. The lowest BCUT2D eigenvalue weighted by Gasteiger charge is -2.29. The van der Waals surface area contributed by atoms with Gasteiger partial charge in [0.15, 0.2) is 0 Å². The van der Waals surface area contributed by atoms with E-state index >= 15 is 0 Å². The maximum absolute atomic E-state index is 13.9. The van der Waals surface area contributed by atoms with Crippen molar-refractivity contribution in [3.8, 4) is 0 Å². The largest absolute Gasteiger partial charge is 0.447 e. The minimum Gasteiger partial charge on any atom is -0.447 e. The van der Waals surface area contributed by atoms with Gasteiger partial charge >= 0.3 is 6.09 Å².